The van der Waals surface area contributed by atoms with Crippen LogP contribution in [0.25, 0.3) is 0 Å². The van der Waals surface area contributed by atoms with Crippen LogP contribution in [0.1, 0.15) is 30.9 Å². The van der Waals surface area contributed by atoms with Gasteiger partial charge in [-0.3, -0.25) is 4.79 Å². The van der Waals surface area contributed by atoms with Crippen molar-refractivity contribution in [2.24, 2.45) is 0 Å². The zero-order valence-corrected chi connectivity index (χ0v) is 10.7. The number of carbonyl (C=O) groups is 1. The van der Waals surface area contributed by atoms with Gasteiger partial charge in [0.15, 0.2) is 5.13 Å². The number of carbonyl (C=O) groups excluding carboxylic acids is 1. The maximum absolute atomic E-state index is 11.6. The van der Waals surface area contributed by atoms with Crippen molar-refractivity contribution in [2.45, 2.75) is 25.9 Å². The topological polar surface area (TPSA) is 75.4 Å². The Bertz CT molecular complexity index is 505. The van der Waals surface area contributed by atoms with Crippen LogP contribution in [-0.2, 0) is 11.2 Å². The monoisotopic (exact) mass is 266 g/mol. The maximum atomic E-state index is 11.6. The minimum absolute atomic E-state index is 0.113. The van der Waals surface area contributed by atoms with E-state index in [0.717, 1.165) is 5.76 Å². The molecule has 1 atom stereocenters. The lowest BCUT2D eigenvalue weighted by Gasteiger charge is -2.00. The van der Waals surface area contributed by atoms with Crippen LogP contribution in [0, 0.1) is 0 Å². The largest absolute Gasteiger partial charge is 0.469 e. The molecule has 0 radical (unpaired) electrons. The van der Waals surface area contributed by atoms with Crippen LogP contribution in [0.4, 0.5) is 5.13 Å². The SMILES string of the molecule is CC(O)c1csc(NC(=O)CCc2ccco2)n1. The Labute approximate surface area is 108 Å². The smallest absolute Gasteiger partial charge is 0.226 e. The summed E-state index contributed by atoms with van der Waals surface area (Å²) in [5.74, 6) is 0.673. The number of aliphatic hydroxyl groups excluding tert-OH is 1. The van der Waals surface area contributed by atoms with Gasteiger partial charge in [0.25, 0.3) is 0 Å². The predicted octanol–water partition coefficient (Wildman–Crippen LogP) is 2.36. The predicted molar refractivity (Wildman–Crippen MR) is 68.4 cm³/mol. The molecular weight excluding hydrogens is 252 g/mol. The summed E-state index contributed by atoms with van der Waals surface area (Å²) in [4.78, 5) is 15.7. The summed E-state index contributed by atoms with van der Waals surface area (Å²) in [6, 6.07) is 3.63. The Morgan fingerprint density at radius 2 is 2.50 bits per heavy atom. The summed E-state index contributed by atoms with van der Waals surface area (Å²) in [5.41, 5.74) is 0.571. The first kappa shape index (κ1) is 12.8. The first-order valence-electron chi connectivity index (χ1n) is 5.61. The number of amides is 1. The normalized spacial score (nSPS) is 12.3. The van der Waals surface area contributed by atoms with E-state index in [-0.39, 0.29) is 5.91 Å². The molecule has 0 spiro atoms. The van der Waals surface area contributed by atoms with Gasteiger partial charge in [0.2, 0.25) is 5.91 Å². The summed E-state index contributed by atoms with van der Waals surface area (Å²) in [5, 5.41) is 14.3. The van der Waals surface area contributed by atoms with E-state index in [0.29, 0.717) is 23.7 Å². The summed E-state index contributed by atoms with van der Waals surface area (Å²) >= 11 is 1.30. The highest BCUT2D eigenvalue weighted by Crippen LogP contribution is 2.20. The van der Waals surface area contributed by atoms with E-state index in [2.05, 4.69) is 10.3 Å². The number of aryl methyl sites for hydroxylation is 1. The Morgan fingerprint density at radius 3 is 3.11 bits per heavy atom. The van der Waals surface area contributed by atoms with Gasteiger partial charge in [-0.1, -0.05) is 0 Å². The fraction of sp³-hybridized carbons (Fsp3) is 0.333. The van der Waals surface area contributed by atoms with Crippen molar-refractivity contribution >= 4 is 22.4 Å². The minimum atomic E-state index is -0.616. The van der Waals surface area contributed by atoms with Crippen LogP contribution >= 0.6 is 11.3 Å². The van der Waals surface area contributed by atoms with Crippen LogP contribution in [-0.4, -0.2) is 16.0 Å². The molecule has 0 aliphatic carbocycles. The molecule has 0 aliphatic heterocycles. The number of nitrogens with zero attached hydrogens (tertiary/aromatic N) is 1. The number of aliphatic hydroxyl groups is 1. The highest BCUT2D eigenvalue weighted by atomic mass is 32.1. The second-order valence-electron chi connectivity index (χ2n) is 3.88. The fourth-order valence-corrected chi connectivity index (χ4v) is 2.22. The van der Waals surface area contributed by atoms with Crippen molar-refractivity contribution in [3.8, 4) is 0 Å². The fourth-order valence-electron chi connectivity index (χ4n) is 1.41. The van der Waals surface area contributed by atoms with Crippen molar-refractivity contribution in [3.63, 3.8) is 0 Å². The second-order valence-corrected chi connectivity index (χ2v) is 4.74. The lowest BCUT2D eigenvalue weighted by Crippen LogP contribution is -2.12. The van der Waals surface area contributed by atoms with Gasteiger partial charge in [0.1, 0.15) is 5.76 Å². The number of hydrogen-bond acceptors (Lipinski definition) is 5. The van der Waals surface area contributed by atoms with Gasteiger partial charge in [0, 0.05) is 18.2 Å². The van der Waals surface area contributed by atoms with Crippen LogP contribution in [0.3, 0.4) is 0 Å². The Balaban J connectivity index is 1.83. The van der Waals surface area contributed by atoms with E-state index in [4.69, 9.17) is 4.42 Å². The first-order valence-corrected chi connectivity index (χ1v) is 6.49. The molecule has 0 fully saturated rings. The van der Waals surface area contributed by atoms with Gasteiger partial charge in [-0.2, -0.15) is 0 Å². The Morgan fingerprint density at radius 1 is 1.67 bits per heavy atom. The number of aromatic nitrogens is 1. The van der Waals surface area contributed by atoms with Gasteiger partial charge >= 0.3 is 0 Å². The van der Waals surface area contributed by atoms with Crippen molar-refractivity contribution in [3.05, 3.63) is 35.2 Å². The van der Waals surface area contributed by atoms with E-state index < -0.39 is 6.10 Å². The third-order valence-corrected chi connectivity index (χ3v) is 3.15. The molecule has 1 amide bonds. The van der Waals surface area contributed by atoms with Crippen molar-refractivity contribution in [1.29, 1.82) is 0 Å². The van der Waals surface area contributed by atoms with E-state index in [9.17, 15) is 9.90 Å². The van der Waals surface area contributed by atoms with E-state index in [1.165, 1.54) is 11.3 Å². The average Bonchev–Trinajstić information content (AvgIpc) is 2.96. The van der Waals surface area contributed by atoms with Gasteiger partial charge < -0.3 is 14.8 Å². The molecule has 0 aromatic carbocycles. The molecule has 0 aliphatic rings. The molecule has 6 heteroatoms. The minimum Gasteiger partial charge on any atom is -0.469 e. The summed E-state index contributed by atoms with van der Waals surface area (Å²) < 4.78 is 5.14. The molecule has 18 heavy (non-hydrogen) atoms. The Hall–Kier alpha value is -1.66. The van der Waals surface area contributed by atoms with Crippen molar-refractivity contribution in [2.75, 3.05) is 5.32 Å². The number of anilines is 1. The molecule has 0 bridgehead atoms. The van der Waals surface area contributed by atoms with E-state index in [1.54, 1.807) is 24.6 Å². The lowest BCUT2D eigenvalue weighted by atomic mass is 10.2. The molecule has 2 rings (SSSR count). The highest BCUT2D eigenvalue weighted by molar-refractivity contribution is 7.13. The maximum Gasteiger partial charge on any atom is 0.226 e. The second kappa shape index (κ2) is 5.79. The third kappa shape index (κ3) is 3.41. The molecule has 5 nitrogen and oxygen atoms in total. The van der Waals surface area contributed by atoms with Gasteiger partial charge in [-0.25, -0.2) is 4.98 Å². The summed E-state index contributed by atoms with van der Waals surface area (Å²) in [6.45, 7) is 1.64. The highest BCUT2D eigenvalue weighted by Gasteiger charge is 2.10. The number of furan rings is 1. The zero-order valence-electron chi connectivity index (χ0n) is 9.92. The quantitative estimate of drug-likeness (QED) is 0.871. The average molecular weight is 266 g/mol. The van der Waals surface area contributed by atoms with E-state index >= 15 is 0 Å². The molecule has 2 aromatic heterocycles. The van der Waals surface area contributed by atoms with Crippen LogP contribution in [0.5, 0.6) is 0 Å². The van der Waals surface area contributed by atoms with Crippen LogP contribution < -0.4 is 5.32 Å². The van der Waals surface area contributed by atoms with E-state index in [1.807, 2.05) is 6.07 Å². The Kier molecular flexibility index (Phi) is 4.11. The summed E-state index contributed by atoms with van der Waals surface area (Å²) in [6.07, 6.45) is 1.88. The molecular formula is C12H14N2O3S. The summed E-state index contributed by atoms with van der Waals surface area (Å²) in [7, 11) is 0. The standard InChI is InChI=1S/C12H14N2O3S/c1-8(15)10-7-18-12(13-10)14-11(16)5-4-9-3-2-6-17-9/h2-3,6-8,15H,4-5H2,1H3,(H,13,14,16). The first-order chi connectivity index (χ1) is 8.65. The van der Waals surface area contributed by atoms with Gasteiger partial charge in [0.05, 0.1) is 18.1 Å². The van der Waals surface area contributed by atoms with Crippen LogP contribution in [0.15, 0.2) is 28.2 Å². The van der Waals surface area contributed by atoms with Crippen molar-refractivity contribution in [1.82, 2.24) is 4.98 Å². The molecule has 1 unspecified atom stereocenters. The third-order valence-electron chi connectivity index (χ3n) is 2.37. The zero-order chi connectivity index (χ0) is 13.0. The molecule has 2 aromatic rings. The molecule has 2 N–H and O–H groups in total. The van der Waals surface area contributed by atoms with Crippen LogP contribution in [0.2, 0.25) is 0 Å². The molecule has 0 saturated carbocycles. The van der Waals surface area contributed by atoms with Gasteiger partial charge in [-0.05, 0) is 19.1 Å². The number of thiazole rings is 1. The molecule has 96 valence electrons. The van der Waals surface area contributed by atoms with Crippen molar-refractivity contribution < 1.29 is 14.3 Å². The molecule has 2 heterocycles. The number of rotatable bonds is 5. The number of hydrogen-bond donors (Lipinski definition) is 2. The lowest BCUT2D eigenvalue weighted by molar-refractivity contribution is -0.116. The number of nitrogens with one attached hydrogen (secondary N) is 1. The molecule has 0 saturated heterocycles. The van der Waals surface area contributed by atoms with Gasteiger partial charge in [-0.15, -0.1) is 11.3 Å².